The lowest BCUT2D eigenvalue weighted by Crippen LogP contribution is -2.26. The quantitative estimate of drug-likeness (QED) is 0.435. The fraction of sp³-hybridized carbons (Fsp3) is 0.231. The summed E-state index contributed by atoms with van der Waals surface area (Å²) in [6, 6.07) is 24.6. The van der Waals surface area contributed by atoms with Crippen LogP contribution in [-0.4, -0.2) is 39.8 Å². The molecule has 0 radical (unpaired) electrons. The molecule has 1 N–H and O–H groups in total. The smallest absolute Gasteiger partial charge is 0.227 e. The van der Waals surface area contributed by atoms with Gasteiger partial charge in [0.15, 0.2) is 0 Å². The Morgan fingerprint density at radius 1 is 1.03 bits per heavy atom. The van der Waals surface area contributed by atoms with Crippen LogP contribution in [0.2, 0.25) is 5.02 Å². The molecule has 0 unspecified atom stereocenters. The van der Waals surface area contributed by atoms with Gasteiger partial charge in [-0.3, -0.25) is 4.79 Å². The number of para-hydroxylation sites is 3. The Morgan fingerprint density at radius 2 is 1.76 bits per heavy atom. The Kier molecular flexibility index (Phi) is 6.03. The molecule has 168 valence electrons. The van der Waals surface area contributed by atoms with E-state index in [1.165, 1.54) is 0 Å². The van der Waals surface area contributed by atoms with Crippen LogP contribution in [-0.2, 0) is 11.3 Å². The monoisotopic (exact) mass is 461 g/mol. The SMILES string of the molecule is O=C1C[C@H](c2nc3ccccc3n2C[C@@H](O)COc2ccccc2)CN1c1ccc(Cl)cc1. The maximum Gasteiger partial charge on any atom is 0.227 e. The Morgan fingerprint density at radius 3 is 2.55 bits per heavy atom. The lowest BCUT2D eigenvalue weighted by molar-refractivity contribution is -0.117. The minimum atomic E-state index is -0.731. The average molecular weight is 462 g/mol. The highest BCUT2D eigenvalue weighted by atomic mass is 35.5. The molecule has 1 fully saturated rings. The zero-order valence-electron chi connectivity index (χ0n) is 18.0. The average Bonchev–Trinajstić information content (AvgIpc) is 3.39. The van der Waals surface area contributed by atoms with Crippen LogP contribution in [0.3, 0.4) is 0 Å². The Balaban J connectivity index is 1.38. The van der Waals surface area contributed by atoms with Crippen molar-refractivity contribution in [1.82, 2.24) is 9.55 Å². The second-order valence-electron chi connectivity index (χ2n) is 8.23. The molecule has 6 nitrogen and oxygen atoms in total. The summed E-state index contributed by atoms with van der Waals surface area (Å²) in [5, 5.41) is 11.4. The molecule has 1 aromatic heterocycles. The van der Waals surface area contributed by atoms with Gasteiger partial charge >= 0.3 is 0 Å². The molecule has 33 heavy (non-hydrogen) atoms. The normalized spacial score (nSPS) is 17.0. The van der Waals surface area contributed by atoms with E-state index >= 15 is 0 Å². The van der Waals surface area contributed by atoms with Crippen molar-refractivity contribution in [2.75, 3.05) is 18.1 Å². The number of aliphatic hydroxyl groups is 1. The molecule has 3 aromatic carbocycles. The number of fused-ring (bicyclic) bond motifs is 1. The number of carbonyl (C=O) groups excluding carboxylic acids is 1. The first-order valence-corrected chi connectivity index (χ1v) is 11.3. The van der Waals surface area contributed by atoms with Gasteiger partial charge in [-0.15, -0.1) is 0 Å². The van der Waals surface area contributed by atoms with E-state index in [1.54, 1.807) is 17.0 Å². The number of nitrogens with zero attached hydrogens (tertiary/aromatic N) is 3. The maximum absolute atomic E-state index is 12.8. The fourth-order valence-corrected chi connectivity index (χ4v) is 4.45. The van der Waals surface area contributed by atoms with Gasteiger partial charge in [0.25, 0.3) is 0 Å². The van der Waals surface area contributed by atoms with Crippen LogP contribution >= 0.6 is 11.6 Å². The molecule has 7 heteroatoms. The molecule has 1 aliphatic heterocycles. The molecule has 2 atom stereocenters. The van der Waals surface area contributed by atoms with Crippen molar-refractivity contribution in [2.45, 2.75) is 25.0 Å². The van der Waals surface area contributed by atoms with E-state index in [0.717, 1.165) is 22.5 Å². The summed E-state index contributed by atoms with van der Waals surface area (Å²) in [4.78, 5) is 19.5. The Hall–Kier alpha value is -3.35. The number of imidazole rings is 1. The molecule has 2 heterocycles. The standard InChI is InChI=1S/C26H24ClN3O3/c27-19-10-12-20(13-11-19)29-15-18(14-25(29)32)26-28-23-8-4-5-9-24(23)30(26)16-21(31)17-33-22-6-2-1-3-7-22/h1-13,18,21,31H,14-17H2/t18-,21+/m0/s1. The van der Waals surface area contributed by atoms with E-state index in [1.807, 2.05) is 71.3 Å². The second kappa shape index (κ2) is 9.25. The van der Waals surface area contributed by atoms with Crippen molar-refractivity contribution in [3.8, 4) is 5.75 Å². The van der Waals surface area contributed by atoms with Crippen LogP contribution in [0.5, 0.6) is 5.75 Å². The number of amides is 1. The summed E-state index contributed by atoms with van der Waals surface area (Å²) in [6.07, 6.45) is -0.367. The highest BCUT2D eigenvalue weighted by molar-refractivity contribution is 6.30. The van der Waals surface area contributed by atoms with Gasteiger partial charge in [0.05, 0.1) is 17.6 Å². The molecule has 5 rings (SSSR count). The number of ether oxygens (including phenoxy) is 1. The minimum Gasteiger partial charge on any atom is -0.491 e. The molecule has 0 bridgehead atoms. The van der Waals surface area contributed by atoms with E-state index in [-0.39, 0.29) is 18.4 Å². The maximum atomic E-state index is 12.8. The lowest BCUT2D eigenvalue weighted by atomic mass is 10.1. The van der Waals surface area contributed by atoms with Gasteiger partial charge in [-0.25, -0.2) is 4.98 Å². The number of benzene rings is 3. The summed E-state index contributed by atoms with van der Waals surface area (Å²) < 4.78 is 7.76. The molecular formula is C26H24ClN3O3. The third-order valence-electron chi connectivity index (χ3n) is 5.89. The topological polar surface area (TPSA) is 67.6 Å². The lowest BCUT2D eigenvalue weighted by Gasteiger charge is -2.19. The largest absolute Gasteiger partial charge is 0.491 e. The molecule has 0 aliphatic carbocycles. The minimum absolute atomic E-state index is 0.0499. The van der Waals surface area contributed by atoms with Gasteiger partial charge in [0.2, 0.25) is 5.91 Å². The first-order valence-electron chi connectivity index (χ1n) is 11.0. The van der Waals surface area contributed by atoms with Gasteiger partial charge in [0, 0.05) is 29.6 Å². The Labute approximate surface area is 197 Å². The van der Waals surface area contributed by atoms with Crippen LogP contribution in [0.4, 0.5) is 5.69 Å². The van der Waals surface area contributed by atoms with E-state index in [2.05, 4.69) is 0 Å². The number of anilines is 1. The number of hydrogen-bond donors (Lipinski definition) is 1. The molecular weight excluding hydrogens is 438 g/mol. The zero-order valence-corrected chi connectivity index (χ0v) is 18.7. The van der Waals surface area contributed by atoms with Crippen LogP contribution in [0.25, 0.3) is 11.0 Å². The van der Waals surface area contributed by atoms with Crippen molar-refractivity contribution in [2.24, 2.45) is 0 Å². The number of halogens is 1. The van der Waals surface area contributed by atoms with Crippen molar-refractivity contribution in [3.63, 3.8) is 0 Å². The number of carbonyl (C=O) groups is 1. The number of aliphatic hydroxyl groups excluding tert-OH is 1. The van der Waals surface area contributed by atoms with Gasteiger partial charge < -0.3 is 19.3 Å². The Bertz CT molecular complexity index is 1260. The number of aromatic nitrogens is 2. The first kappa shape index (κ1) is 21.5. The zero-order chi connectivity index (χ0) is 22.8. The van der Waals surface area contributed by atoms with Crippen molar-refractivity contribution in [1.29, 1.82) is 0 Å². The number of rotatable bonds is 7. The van der Waals surface area contributed by atoms with E-state index < -0.39 is 6.10 Å². The van der Waals surface area contributed by atoms with E-state index in [0.29, 0.717) is 30.3 Å². The van der Waals surface area contributed by atoms with Crippen molar-refractivity contribution < 1.29 is 14.6 Å². The summed E-state index contributed by atoms with van der Waals surface area (Å²) in [7, 11) is 0. The summed E-state index contributed by atoms with van der Waals surface area (Å²) in [5.74, 6) is 1.49. The first-order chi connectivity index (χ1) is 16.1. The molecule has 1 amide bonds. The predicted molar refractivity (Wildman–Crippen MR) is 129 cm³/mol. The molecule has 0 spiro atoms. The van der Waals surface area contributed by atoms with Gasteiger partial charge in [0.1, 0.15) is 24.3 Å². The van der Waals surface area contributed by atoms with Gasteiger partial charge in [-0.05, 0) is 48.5 Å². The number of hydrogen-bond acceptors (Lipinski definition) is 4. The van der Waals surface area contributed by atoms with E-state index in [9.17, 15) is 9.90 Å². The van der Waals surface area contributed by atoms with Crippen LogP contribution in [0.1, 0.15) is 18.2 Å². The highest BCUT2D eigenvalue weighted by Crippen LogP contribution is 2.33. The van der Waals surface area contributed by atoms with Crippen LogP contribution in [0.15, 0.2) is 78.9 Å². The van der Waals surface area contributed by atoms with E-state index in [4.69, 9.17) is 21.3 Å². The fourth-order valence-electron chi connectivity index (χ4n) is 4.32. The van der Waals surface area contributed by atoms with Crippen molar-refractivity contribution >= 4 is 34.2 Å². The summed E-state index contributed by atoms with van der Waals surface area (Å²) in [6.45, 7) is 1.02. The van der Waals surface area contributed by atoms with Crippen molar-refractivity contribution in [3.05, 3.63) is 89.7 Å². The third kappa shape index (κ3) is 4.58. The summed E-state index contributed by atoms with van der Waals surface area (Å²) >= 11 is 6.01. The van der Waals surface area contributed by atoms with Crippen LogP contribution < -0.4 is 9.64 Å². The molecule has 4 aromatic rings. The van der Waals surface area contributed by atoms with Gasteiger partial charge in [-0.2, -0.15) is 0 Å². The molecule has 1 saturated heterocycles. The molecule has 0 saturated carbocycles. The molecule has 1 aliphatic rings. The second-order valence-corrected chi connectivity index (χ2v) is 8.67. The highest BCUT2D eigenvalue weighted by Gasteiger charge is 2.35. The summed E-state index contributed by atoms with van der Waals surface area (Å²) in [5.41, 5.74) is 2.61. The van der Waals surface area contributed by atoms with Crippen LogP contribution in [0, 0.1) is 0 Å². The van der Waals surface area contributed by atoms with Gasteiger partial charge in [-0.1, -0.05) is 41.9 Å². The third-order valence-corrected chi connectivity index (χ3v) is 6.14. The predicted octanol–water partition coefficient (Wildman–Crippen LogP) is 4.65.